The summed E-state index contributed by atoms with van der Waals surface area (Å²) < 4.78 is 7.04. The fourth-order valence-electron chi connectivity index (χ4n) is 3.21. The Balaban J connectivity index is 1.47. The Morgan fingerprint density at radius 3 is 3.04 bits per heavy atom. The fraction of sp³-hybridized carbons (Fsp3) is 0.500. The van der Waals surface area contributed by atoms with Crippen molar-refractivity contribution in [3.05, 3.63) is 47.5 Å². The number of fused-ring (bicyclic) bond motifs is 1. The van der Waals surface area contributed by atoms with Crippen LogP contribution in [0, 0.1) is 5.92 Å². The second-order valence-corrected chi connectivity index (χ2v) is 6.18. The average molecular weight is 328 g/mol. The summed E-state index contributed by atoms with van der Waals surface area (Å²) >= 11 is 0. The molecule has 0 saturated heterocycles. The topological polar surface area (TPSA) is 69.0 Å². The van der Waals surface area contributed by atoms with Gasteiger partial charge in [-0.3, -0.25) is 4.79 Å². The van der Waals surface area contributed by atoms with Gasteiger partial charge >= 0.3 is 0 Å². The summed E-state index contributed by atoms with van der Waals surface area (Å²) in [4.78, 5) is 12.4. The van der Waals surface area contributed by atoms with Crippen molar-refractivity contribution in [2.75, 3.05) is 20.3 Å². The number of carbonyl (C=O) groups is 1. The molecule has 24 heavy (non-hydrogen) atoms. The number of amides is 1. The normalized spacial score (nSPS) is 16.6. The van der Waals surface area contributed by atoms with Gasteiger partial charge in [0.15, 0.2) is 0 Å². The smallest absolute Gasteiger partial charge is 0.223 e. The lowest BCUT2D eigenvalue weighted by Crippen LogP contribution is -2.35. The van der Waals surface area contributed by atoms with Gasteiger partial charge in [0.25, 0.3) is 0 Å². The Morgan fingerprint density at radius 1 is 1.38 bits per heavy atom. The molecule has 0 bridgehead atoms. The van der Waals surface area contributed by atoms with Gasteiger partial charge in [-0.25, -0.2) is 0 Å². The minimum Gasteiger partial charge on any atom is -0.383 e. The van der Waals surface area contributed by atoms with E-state index in [0.29, 0.717) is 19.6 Å². The molecule has 0 saturated carbocycles. The van der Waals surface area contributed by atoms with Crippen molar-refractivity contribution in [2.24, 2.45) is 5.92 Å². The molecule has 0 radical (unpaired) electrons. The van der Waals surface area contributed by atoms with E-state index in [1.807, 2.05) is 10.6 Å². The Kier molecular flexibility index (Phi) is 5.59. The van der Waals surface area contributed by atoms with Gasteiger partial charge in [-0.2, -0.15) is 0 Å². The van der Waals surface area contributed by atoms with Gasteiger partial charge in [-0.15, -0.1) is 10.2 Å². The molecule has 128 valence electrons. The van der Waals surface area contributed by atoms with Gasteiger partial charge in [0.1, 0.15) is 12.2 Å². The summed E-state index contributed by atoms with van der Waals surface area (Å²) in [6.07, 6.45) is 5.13. The Labute approximate surface area is 142 Å². The predicted octanol–water partition coefficient (Wildman–Crippen LogP) is 1.39. The Bertz CT molecular complexity index is 683. The lowest BCUT2D eigenvalue weighted by Gasteiger charge is -2.23. The van der Waals surface area contributed by atoms with Crippen molar-refractivity contribution in [3.63, 3.8) is 0 Å². The van der Waals surface area contributed by atoms with E-state index in [4.69, 9.17) is 4.74 Å². The number of hydrogen-bond acceptors (Lipinski definition) is 4. The molecule has 0 aliphatic heterocycles. The maximum atomic E-state index is 12.4. The van der Waals surface area contributed by atoms with Crippen molar-refractivity contribution in [2.45, 2.75) is 32.2 Å². The van der Waals surface area contributed by atoms with Crippen molar-refractivity contribution < 1.29 is 9.53 Å². The first kappa shape index (κ1) is 16.6. The van der Waals surface area contributed by atoms with E-state index < -0.39 is 0 Å². The number of aromatic nitrogens is 3. The van der Waals surface area contributed by atoms with E-state index in [-0.39, 0.29) is 11.8 Å². The van der Waals surface area contributed by atoms with Crippen LogP contribution in [0.5, 0.6) is 0 Å². The first-order chi connectivity index (χ1) is 11.8. The molecule has 1 aromatic carbocycles. The third kappa shape index (κ3) is 4.00. The van der Waals surface area contributed by atoms with E-state index in [1.54, 1.807) is 13.4 Å². The van der Waals surface area contributed by atoms with Gasteiger partial charge in [0, 0.05) is 32.5 Å². The third-order valence-corrected chi connectivity index (χ3v) is 4.60. The van der Waals surface area contributed by atoms with E-state index in [9.17, 15) is 4.79 Å². The van der Waals surface area contributed by atoms with E-state index in [2.05, 4.69) is 33.7 Å². The van der Waals surface area contributed by atoms with Crippen molar-refractivity contribution in [1.29, 1.82) is 0 Å². The van der Waals surface area contributed by atoms with Gasteiger partial charge < -0.3 is 14.6 Å². The third-order valence-electron chi connectivity index (χ3n) is 4.60. The highest BCUT2D eigenvalue weighted by Crippen LogP contribution is 2.25. The molecule has 1 aromatic heterocycles. The standard InChI is InChI=1S/C18H24N4O2/c1-24-11-10-22-13-20-21-17(22)8-9-19-18(23)16-7-6-14-4-2-3-5-15(14)12-16/h2-5,13,16H,6-12H2,1H3,(H,19,23). The number of nitrogens with zero attached hydrogens (tertiary/aromatic N) is 3. The minimum atomic E-state index is 0.0752. The first-order valence-electron chi connectivity index (χ1n) is 8.48. The lowest BCUT2D eigenvalue weighted by atomic mass is 9.83. The highest BCUT2D eigenvalue weighted by atomic mass is 16.5. The number of methoxy groups -OCH3 is 1. The van der Waals surface area contributed by atoms with Crippen molar-refractivity contribution >= 4 is 5.91 Å². The predicted molar refractivity (Wildman–Crippen MR) is 90.6 cm³/mol. The summed E-state index contributed by atoms with van der Waals surface area (Å²) in [6, 6.07) is 8.41. The van der Waals surface area contributed by atoms with Crippen molar-refractivity contribution in [1.82, 2.24) is 20.1 Å². The number of aryl methyl sites for hydroxylation is 1. The number of rotatable bonds is 7. The molecule has 1 aliphatic carbocycles. The van der Waals surface area contributed by atoms with Gasteiger partial charge in [0.2, 0.25) is 5.91 Å². The molecular weight excluding hydrogens is 304 g/mol. The molecule has 2 aromatic rings. The summed E-state index contributed by atoms with van der Waals surface area (Å²) in [5.41, 5.74) is 2.69. The number of ether oxygens (including phenoxy) is 1. The first-order valence-corrected chi connectivity index (χ1v) is 8.48. The van der Waals surface area contributed by atoms with Crippen LogP contribution in [0.2, 0.25) is 0 Å². The maximum Gasteiger partial charge on any atom is 0.223 e. The molecule has 1 heterocycles. The van der Waals surface area contributed by atoms with E-state index in [0.717, 1.165) is 31.6 Å². The summed E-state index contributed by atoms with van der Waals surface area (Å²) in [6.45, 7) is 1.94. The lowest BCUT2D eigenvalue weighted by molar-refractivity contribution is -0.125. The summed E-state index contributed by atoms with van der Waals surface area (Å²) in [7, 11) is 1.67. The summed E-state index contributed by atoms with van der Waals surface area (Å²) in [5.74, 6) is 1.10. The molecule has 1 unspecified atom stereocenters. The second kappa shape index (κ2) is 8.06. The van der Waals surface area contributed by atoms with Crippen LogP contribution in [0.1, 0.15) is 23.4 Å². The van der Waals surface area contributed by atoms with E-state index >= 15 is 0 Å². The molecule has 1 N–H and O–H groups in total. The molecule has 0 spiro atoms. The largest absolute Gasteiger partial charge is 0.383 e. The highest BCUT2D eigenvalue weighted by Gasteiger charge is 2.24. The number of carbonyl (C=O) groups excluding carboxylic acids is 1. The molecule has 0 fully saturated rings. The number of hydrogen-bond donors (Lipinski definition) is 1. The molecule has 1 amide bonds. The van der Waals surface area contributed by atoms with Gasteiger partial charge in [-0.05, 0) is 30.4 Å². The SMILES string of the molecule is COCCn1cnnc1CCNC(=O)C1CCc2ccccc2C1. The number of nitrogens with one attached hydrogen (secondary N) is 1. The average Bonchev–Trinajstić information content (AvgIpc) is 3.06. The van der Waals surface area contributed by atoms with Crippen LogP contribution >= 0.6 is 0 Å². The molecule has 1 aliphatic rings. The highest BCUT2D eigenvalue weighted by molar-refractivity contribution is 5.79. The number of benzene rings is 1. The van der Waals surface area contributed by atoms with Crippen LogP contribution in [0.3, 0.4) is 0 Å². The zero-order chi connectivity index (χ0) is 16.8. The minimum absolute atomic E-state index is 0.0752. The van der Waals surface area contributed by atoms with Crippen LogP contribution in [0.25, 0.3) is 0 Å². The zero-order valence-electron chi connectivity index (χ0n) is 14.1. The quantitative estimate of drug-likeness (QED) is 0.834. The van der Waals surface area contributed by atoms with Crippen molar-refractivity contribution in [3.8, 4) is 0 Å². The van der Waals surface area contributed by atoms with Crippen LogP contribution in [-0.4, -0.2) is 40.9 Å². The van der Waals surface area contributed by atoms with Crippen LogP contribution in [0.15, 0.2) is 30.6 Å². The second-order valence-electron chi connectivity index (χ2n) is 6.18. The monoisotopic (exact) mass is 328 g/mol. The van der Waals surface area contributed by atoms with Crippen LogP contribution in [-0.2, 0) is 35.3 Å². The van der Waals surface area contributed by atoms with Crippen LogP contribution in [0.4, 0.5) is 0 Å². The molecule has 1 atom stereocenters. The van der Waals surface area contributed by atoms with Gasteiger partial charge in [-0.1, -0.05) is 24.3 Å². The van der Waals surface area contributed by atoms with Crippen LogP contribution < -0.4 is 5.32 Å². The summed E-state index contributed by atoms with van der Waals surface area (Å²) in [5, 5.41) is 11.1. The zero-order valence-corrected chi connectivity index (χ0v) is 14.1. The molecule has 6 heteroatoms. The fourth-order valence-corrected chi connectivity index (χ4v) is 3.21. The Morgan fingerprint density at radius 2 is 2.21 bits per heavy atom. The van der Waals surface area contributed by atoms with E-state index in [1.165, 1.54) is 11.1 Å². The molecule has 3 rings (SSSR count). The molecule has 6 nitrogen and oxygen atoms in total. The Hall–Kier alpha value is -2.21. The molecular formula is C18H24N4O2. The maximum absolute atomic E-state index is 12.4. The van der Waals surface area contributed by atoms with Gasteiger partial charge in [0.05, 0.1) is 6.61 Å².